The van der Waals surface area contributed by atoms with Gasteiger partial charge in [0.05, 0.1) is 0 Å². The Morgan fingerprint density at radius 3 is 1.96 bits per heavy atom. The highest BCUT2D eigenvalue weighted by molar-refractivity contribution is 5.93. The molecule has 0 aromatic carbocycles. The molecule has 6 nitrogen and oxygen atoms in total. The van der Waals surface area contributed by atoms with Gasteiger partial charge in [0.1, 0.15) is 5.92 Å². The molecule has 28 heavy (non-hydrogen) atoms. The van der Waals surface area contributed by atoms with E-state index in [0.717, 1.165) is 38.2 Å². The topological polar surface area (TPSA) is 112 Å². The van der Waals surface area contributed by atoms with E-state index >= 15 is 0 Å². The summed E-state index contributed by atoms with van der Waals surface area (Å²) in [5.41, 5.74) is -0.0120. The van der Waals surface area contributed by atoms with Crippen molar-refractivity contribution in [2.45, 2.75) is 72.1 Å². The minimum atomic E-state index is -1.27. The molecule has 0 aromatic rings. The van der Waals surface area contributed by atoms with Crippen molar-refractivity contribution in [2.75, 3.05) is 0 Å². The van der Waals surface area contributed by atoms with Crippen LogP contribution in [0.15, 0.2) is 35.5 Å². The predicted molar refractivity (Wildman–Crippen MR) is 109 cm³/mol. The van der Waals surface area contributed by atoms with E-state index < -0.39 is 23.8 Å². The molecule has 0 saturated heterocycles. The van der Waals surface area contributed by atoms with Crippen LogP contribution in [0.1, 0.15) is 72.1 Å². The summed E-state index contributed by atoms with van der Waals surface area (Å²) in [5, 5.41) is 28.8. The zero-order chi connectivity index (χ0) is 21.7. The zero-order valence-corrected chi connectivity index (χ0v) is 17.2. The van der Waals surface area contributed by atoms with Gasteiger partial charge in [-0.3, -0.25) is 4.79 Å². The summed E-state index contributed by atoms with van der Waals surface area (Å²) in [6, 6.07) is 0. The lowest BCUT2D eigenvalue weighted by molar-refractivity contribution is -0.139. The molecule has 0 aromatic heterocycles. The van der Waals surface area contributed by atoms with Crippen molar-refractivity contribution in [2.24, 2.45) is 11.8 Å². The third kappa shape index (κ3) is 8.55. The standard InChI is InChI=1S/C22H34O6/c1-5-9-11-15(7-3)13-16(20(23)24)14-19(17(8-4)21(25)26)18(22(27)28)12-10-6-2/h8,14-15,17H,4-7,9-13H2,1-3H3,(H,23,24)(H,25,26)(H,27,28). The molecule has 0 amide bonds. The van der Waals surface area contributed by atoms with Gasteiger partial charge in [-0.15, -0.1) is 6.58 Å². The van der Waals surface area contributed by atoms with Gasteiger partial charge in [-0.1, -0.05) is 59.0 Å². The van der Waals surface area contributed by atoms with Crippen molar-refractivity contribution in [3.05, 3.63) is 35.5 Å². The molecule has 158 valence electrons. The maximum Gasteiger partial charge on any atom is 0.331 e. The van der Waals surface area contributed by atoms with E-state index in [1.54, 1.807) is 0 Å². The summed E-state index contributed by atoms with van der Waals surface area (Å²) in [6.45, 7) is 9.47. The largest absolute Gasteiger partial charge is 0.481 e. The number of carbonyl (C=O) groups is 3. The molecule has 6 heteroatoms. The quantitative estimate of drug-likeness (QED) is 0.203. The molecule has 0 heterocycles. The number of unbranched alkanes of at least 4 members (excludes halogenated alkanes) is 2. The molecule has 0 aliphatic heterocycles. The van der Waals surface area contributed by atoms with Crippen molar-refractivity contribution in [1.29, 1.82) is 0 Å². The Balaban J connectivity index is 6.32. The van der Waals surface area contributed by atoms with Crippen molar-refractivity contribution in [3.8, 4) is 0 Å². The summed E-state index contributed by atoms with van der Waals surface area (Å²) >= 11 is 0. The first-order chi connectivity index (χ1) is 13.2. The summed E-state index contributed by atoms with van der Waals surface area (Å²) < 4.78 is 0. The van der Waals surface area contributed by atoms with E-state index in [1.807, 2.05) is 13.8 Å². The highest BCUT2D eigenvalue weighted by Crippen LogP contribution is 2.28. The molecule has 2 unspecified atom stereocenters. The fourth-order valence-electron chi connectivity index (χ4n) is 3.10. The van der Waals surface area contributed by atoms with E-state index in [2.05, 4.69) is 13.5 Å². The minimum Gasteiger partial charge on any atom is -0.481 e. The van der Waals surface area contributed by atoms with Crippen LogP contribution in [0.3, 0.4) is 0 Å². The van der Waals surface area contributed by atoms with E-state index in [0.29, 0.717) is 6.42 Å². The molecular weight excluding hydrogens is 360 g/mol. The molecule has 0 fully saturated rings. The second-order valence-corrected chi connectivity index (χ2v) is 6.99. The van der Waals surface area contributed by atoms with Gasteiger partial charge in [-0.05, 0) is 36.8 Å². The Labute approximate surface area is 167 Å². The molecule has 0 spiro atoms. The van der Waals surface area contributed by atoms with Gasteiger partial charge in [-0.25, -0.2) is 9.59 Å². The van der Waals surface area contributed by atoms with Crippen LogP contribution in [0, 0.1) is 11.8 Å². The summed E-state index contributed by atoms with van der Waals surface area (Å²) in [7, 11) is 0. The van der Waals surface area contributed by atoms with Gasteiger partial charge in [0.25, 0.3) is 0 Å². The number of carboxylic acids is 3. The Hall–Kier alpha value is -2.37. The maximum absolute atomic E-state index is 11.8. The Morgan fingerprint density at radius 1 is 0.964 bits per heavy atom. The van der Waals surface area contributed by atoms with Gasteiger partial charge >= 0.3 is 17.9 Å². The molecule has 0 rings (SSSR count). The van der Waals surface area contributed by atoms with Crippen LogP contribution < -0.4 is 0 Å². The number of aliphatic carboxylic acids is 3. The lowest BCUT2D eigenvalue weighted by Gasteiger charge is -2.18. The summed E-state index contributed by atoms with van der Waals surface area (Å²) in [5.74, 6) is -4.75. The Morgan fingerprint density at radius 2 is 1.57 bits per heavy atom. The number of hydrogen-bond acceptors (Lipinski definition) is 3. The molecule has 0 aliphatic rings. The molecule has 0 bridgehead atoms. The van der Waals surface area contributed by atoms with Crippen LogP contribution in [0.4, 0.5) is 0 Å². The van der Waals surface area contributed by atoms with Gasteiger partial charge in [0, 0.05) is 11.1 Å². The second-order valence-electron chi connectivity index (χ2n) is 6.99. The molecule has 2 atom stereocenters. The highest BCUT2D eigenvalue weighted by Gasteiger charge is 2.26. The van der Waals surface area contributed by atoms with Crippen LogP contribution in [-0.2, 0) is 14.4 Å². The van der Waals surface area contributed by atoms with E-state index in [1.165, 1.54) is 6.08 Å². The average molecular weight is 395 g/mol. The fraction of sp³-hybridized carbons (Fsp3) is 0.591. The van der Waals surface area contributed by atoms with Crippen LogP contribution in [0.25, 0.3) is 0 Å². The third-order valence-electron chi connectivity index (χ3n) is 4.88. The Kier molecular flexibility index (Phi) is 12.6. The molecule has 3 N–H and O–H groups in total. The monoisotopic (exact) mass is 394 g/mol. The molecule has 0 aliphatic carbocycles. The number of rotatable bonds is 15. The average Bonchev–Trinajstić information content (AvgIpc) is 2.63. The van der Waals surface area contributed by atoms with Crippen LogP contribution >= 0.6 is 0 Å². The van der Waals surface area contributed by atoms with Crippen LogP contribution in [0.2, 0.25) is 0 Å². The predicted octanol–water partition coefficient (Wildman–Crippen LogP) is 5.06. The van der Waals surface area contributed by atoms with Crippen LogP contribution in [0.5, 0.6) is 0 Å². The van der Waals surface area contributed by atoms with E-state index in [4.69, 9.17) is 0 Å². The van der Waals surface area contributed by atoms with Crippen molar-refractivity contribution < 1.29 is 29.7 Å². The van der Waals surface area contributed by atoms with Crippen molar-refractivity contribution in [3.63, 3.8) is 0 Å². The first kappa shape index (κ1) is 25.6. The van der Waals surface area contributed by atoms with Gasteiger partial charge in [-0.2, -0.15) is 0 Å². The van der Waals surface area contributed by atoms with E-state index in [-0.39, 0.29) is 35.5 Å². The Bertz CT molecular complexity index is 615. The van der Waals surface area contributed by atoms with Gasteiger partial charge in [0.2, 0.25) is 0 Å². The van der Waals surface area contributed by atoms with Gasteiger partial charge in [0.15, 0.2) is 0 Å². The zero-order valence-electron chi connectivity index (χ0n) is 17.2. The second kappa shape index (κ2) is 13.7. The number of carboxylic acid groups (broad SMARTS) is 3. The van der Waals surface area contributed by atoms with Crippen molar-refractivity contribution >= 4 is 17.9 Å². The van der Waals surface area contributed by atoms with E-state index in [9.17, 15) is 29.7 Å². The summed E-state index contributed by atoms with van der Waals surface area (Å²) in [6.07, 6.45) is 7.83. The minimum absolute atomic E-state index is 0.00574. The molecule has 0 saturated carbocycles. The maximum atomic E-state index is 11.8. The fourth-order valence-corrected chi connectivity index (χ4v) is 3.10. The highest BCUT2D eigenvalue weighted by atomic mass is 16.4. The smallest absolute Gasteiger partial charge is 0.331 e. The van der Waals surface area contributed by atoms with Crippen molar-refractivity contribution in [1.82, 2.24) is 0 Å². The summed E-state index contributed by atoms with van der Waals surface area (Å²) in [4.78, 5) is 35.3. The SMILES string of the molecule is C=CC(C(=O)O)C(C=C(CC(CC)CCCC)C(=O)O)=C(CCCC)C(=O)O. The normalized spacial score (nSPS) is 14.8. The first-order valence-corrected chi connectivity index (χ1v) is 9.98. The number of allylic oxidation sites excluding steroid dienone is 1. The first-order valence-electron chi connectivity index (χ1n) is 9.98. The molecule has 0 radical (unpaired) electrons. The van der Waals surface area contributed by atoms with Crippen LogP contribution in [-0.4, -0.2) is 33.2 Å². The number of hydrogen-bond donors (Lipinski definition) is 3. The lowest BCUT2D eigenvalue weighted by atomic mass is 9.86. The molecular formula is C22H34O6. The van der Waals surface area contributed by atoms with Gasteiger partial charge < -0.3 is 15.3 Å². The third-order valence-corrected chi connectivity index (χ3v) is 4.88. The lowest BCUT2D eigenvalue weighted by Crippen LogP contribution is -2.19.